The highest BCUT2D eigenvalue weighted by molar-refractivity contribution is 6.30. The van der Waals surface area contributed by atoms with E-state index in [4.69, 9.17) is 16.3 Å². The topological polar surface area (TPSA) is 46.8 Å². The van der Waals surface area contributed by atoms with Gasteiger partial charge in [0.2, 0.25) is 0 Å². The summed E-state index contributed by atoms with van der Waals surface area (Å²) in [6, 6.07) is 19.4. The fourth-order valence-electron chi connectivity index (χ4n) is 3.90. The molecule has 0 bridgehead atoms. The summed E-state index contributed by atoms with van der Waals surface area (Å²) in [6.45, 7) is 0. The van der Waals surface area contributed by atoms with Gasteiger partial charge < -0.3 is 9.14 Å². The van der Waals surface area contributed by atoms with Crippen LogP contribution in [0.3, 0.4) is 0 Å². The molecule has 0 spiro atoms. The quantitative estimate of drug-likeness (QED) is 0.416. The molecule has 0 fully saturated rings. The van der Waals surface area contributed by atoms with Crippen LogP contribution in [-0.4, -0.2) is 27.5 Å². The first kappa shape index (κ1) is 18.5. The summed E-state index contributed by atoms with van der Waals surface area (Å²) >= 11 is 6.03. The number of halogens is 1. The first-order valence-electron chi connectivity index (χ1n) is 9.52. The minimum atomic E-state index is -0.410. The van der Waals surface area contributed by atoms with Crippen LogP contribution in [0.5, 0.6) is 0 Å². The van der Waals surface area contributed by atoms with Crippen LogP contribution < -0.4 is 0 Å². The molecule has 5 nitrogen and oxygen atoms in total. The molecule has 6 heteroatoms. The summed E-state index contributed by atoms with van der Waals surface area (Å²) in [5.74, 6) is 0. The molecule has 148 valence electrons. The second-order valence-corrected chi connectivity index (χ2v) is 7.49. The van der Waals surface area contributed by atoms with Crippen LogP contribution >= 0.6 is 11.6 Å². The Bertz CT molecular complexity index is 1280. The van der Waals surface area contributed by atoms with Gasteiger partial charge in [0.25, 0.3) is 0 Å². The van der Waals surface area contributed by atoms with Crippen molar-refractivity contribution in [3.63, 3.8) is 0 Å². The van der Waals surface area contributed by atoms with E-state index in [0.717, 1.165) is 33.6 Å². The summed E-state index contributed by atoms with van der Waals surface area (Å²) < 4.78 is 7.13. The summed E-state index contributed by atoms with van der Waals surface area (Å²) in [4.78, 5) is 18.8. The van der Waals surface area contributed by atoms with Gasteiger partial charge in [0.1, 0.15) is 6.04 Å². The zero-order valence-corrected chi connectivity index (χ0v) is 17.0. The van der Waals surface area contributed by atoms with Crippen molar-refractivity contribution in [2.75, 3.05) is 7.11 Å². The number of carbonyl (C=O) groups excluding carboxylic acids is 1. The second-order valence-electron chi connectivity index (χ2n) is 7.06. The van der Waals surface area contributed by atoms with Gasteiger partial charge in [-0.2, -0.15) is 0 Å². The smallest absolute Gasteiger partial charge is 0.414 e. The molecular weight excluding hydrogens is 398 g/mol. The summed E-state index contributed by atoms with van der Waals surface area (Å²) in [6.07, 6.45) is 7.12. The number of methoxy groups -OCH3 is 1. The lowest BCUT2D eigenvalue weighted by molar-refractivity contribution is 0.130. The maximum atomic E-state index is 12.6. The average molecular weight is 416 g/mol. The third-order valence-corrected chi connectivity index (χ3v) is 5.61. The van der Waals surface area contributed by atoms with Crippen LogP contribution in [0.2, 0.25) is 5.02 Å². The van der Waals surface area contributed by atoms with Crippen molar-refractivity contribution in [3.05, 3.63) is 101 Å². The molecule has 0 unspecified atom stereocenters. The van der Waals surface area contributed by atoms with Crippen LogP contribution in [0.25, 0.3) is 22.9 Å². The molecule has 0 radical (unpaired) electrons. The molecule has 2 aromatic heterocycles. The third-order valence-electron chi connectivity index (χ3n) is 5.36. The number of nitrogens with zero attached hydrogens (tertiary/aromatic N) is 3. The van der Waals surface area contributed by atoms with E-state index in [2.05, 4.69) is 9.38 Å². The predicted molar refractivity (Wildman–Crippen MR) is 117 cm³/mol. The first-order valence-corrected chi connectivity index (χ1v) is 9.90. The third kappa shape index (κ3) is 3.04. The van der Waals surface area contributed by atoms with Gasteiger partial charge in [-0.05, 0) is 41.5 Å². The number of aromatic nitrogens is 2. The summed E-state index contributed by atoms with van der Waals surface area (Å²) in [5, 5.41) is 0.681. The normalized spacial score (nSPS) is 15.3. The maximum absolute atomic E-state index is 12.6. The van der Waals surface area contributed by atoms with E-state index >= 15 is 0 Å². The Balaban J connectivity index is 1.68. The van der Waals surface area contributed by atoms with E-state index < -0.39 is 6.09 Å². The van der Waals surface area contributed by atoms with Crippen LogP contribution in [0.15, 0.2) is 79.3 Å². The van der Waals surface area contributed by atoms with Crippen molar-refractivity contribution in [2.45, 2.75) is 6.04 Å². The highest BCUT2D eigenvalue weighted by Gasteiger charge is 2.31. The van der Waals surface area contributed by atoms with Crippen molar-refractivity contribution in [1.82, 2.24) is 14.3 Å². The number of amides is 1. The maximum Gasteiger partial charge on any atom is 0.414 e. The number of hydrogen-bond acceptors (Lipinski definition) is 3. The van der Waals surface area contributed by atoms with Gasteiger partial charge >= 0.3 is 6.09 Å². The Morgan fingerprint density at radius 3 is 2.67 bits per heavy atom. The SMILES string of the molecule is COC(=O)N1C=Cc2ccccc2[C@@H]1c1ccc2cnc(-c3ccc(Cl)cc3)cn12. The van der Waals surface area contributed by atoms with E-state index in [1.165, 1.54) is 7.11 Å². The highest BCUT2D eigenvalue weighted by Crippen LogP contribution is 2.37. The van der Waals surface area contributed by atoms with Crippen LogP contribution in [0, 0.1) is 0 Å². The Labute approximate surface area is 178 Å². The molecule has 0 aliphatic carbocycles. The molecule has 30 heavy (non-hydrogen) atoms. The lowest BCUT2D eigenvalue weighted by Gasteiger charge is -2.32. The van der Waals surface area contributed by atoms with E-state index in [-0.39, 0.29) is 6.04 Å². The molecule has 0 N–H and O–H groups in total. The van der Waals surface area contributed by atoms with Gasteiger partial charge in [-0.3, -0.25) is 9.88 Å². The fourth-order valence-corrected chi connectivity index (χ4v) is 4.03. The second kappa shape index (κ2) is 7.35. The monoisotopic (exact) mass is 415 g/mol. The minimum Gasteiger partial charge on any atom is -0.452 e. The number of rotatable bonds is 2. The Morgan fingerprint density at radius 1 is 1.07 bits per heavy atom. The molecular formula is C24H18ClN3O2. The van der Waals surface area contributed by atoms with Crippen molar-refractivity contribution >= 4 is 29.3 Å². The van der Waals surface area contributed by atoms with Crippen LogP contribution in [0.1, 0.15) is 22.9 Å². The van der Waals surface area contributed by atoms with Crippen molar-refractivity contribution in [3.8, 4) is 11.3 Å². The van der Waals surface area contributed by atoms with Gasteiger partial charge in [-0.1, -0.05) is 48.0 Å². The molecule has 1 aliphatic rings. The minimum absolute atomic E-state index is 0.318. The van der Waals surface area contributed by atoms with E-state index in [1.54, 1.807) is 11.1 Å². The number of benzene rings is 2. The summed E-state index contributed by atoms with van der Waals surface area (Å²) in [5.41, 5.74) is 5.79. The number of carbonyl (C=O) groups is 1. The summed E-state index contributed by atoms with van der Waals surface area (Å²) in [7, 11) is 1.40. The zero-order valence-electron chi connectivity index (χ0n) is 16.2. The van der Waals surface area contributed by atoms with E-state index in [9.17, 15) is 4.79 Å². The molecule has 3 heterocycles. The Kier molecular flexibility index (Phi) is 4.52. The lowest BCUT2D eigenvalue weighted by atomic mass is 9.94. The van der Waals surface area contributed by atoms with E-state index in [1.807, 2.05) is 79.1 Å². The predicted octanol–water partition coefficient (Wildman–Crippen LogP) is 5.80. The average Bonchev–Trinajstić information content (AvgIpc) is 3.21. The number of ether oxygens (including phenoxy) is 1. The van der Waals surface area contributed by atoms with Crippen molar-refractivity contribution in [1.29, 1.82) is 0 Å². The van der Waals surface area contributed by atoms with E-state index in [0.29, 0.717) is 5.02 Å². The van der Waals surface area contributed by atoms with Crippen molar-refractivity contribution < 1.29 is 9.53 Å². The van der Waals surface area contributed by atoms with Gasteiger partial charge in [-0.25, -0.2) is 4.79 Å². The largest absolute Gasteiger partial charge is 0.452 e. The molecule has 2 aromatic carbocycles. The Morgan fingerprint density at radius 2 is 1.87 bits per heavy atom. The molecule has 4 aromatic rings. The van der Waals surface area contributed by atoms with Gasteiger partial charge in [0.15, 0.2) is 0 Å². The van der Waals surface area contributed by atoms with Gasteiger partial charge in [0, 0.05) is 23.0 Å². The van der Waals surface area contributed by atoms with Crippen LogP contribution in [-0.2, 0) is 4.74 Å². The highest BCUT2D eigenvalue weighted by atomic mass is 35.5. The first-order chi connectivity index (χ1) is 14.7. The molecule has 1 amide bonds. The molecule has 5 rings (SSSR count). The molecule has 1 aliphatic heterocycles. The number of fused-ring (bicyclic) bond motifs is 2. The lowest BCUT2D eigenvalue weighted by Crippen LogP contribution is -2.33. The van der Waals surface area contributed by atoms with Crippen LogP contribution in [0.4, 0.5) is 4.79 Å². The van der Waals surface area contributed by atoms with Gasteiger partial charge in [0.05, 0.1) is 30.2 Å². The fraction of sp³-hybridized carbons (Fsp3) is 0.0833. The molecule has 0 saturated heterocycles. The van der Waals surface area contributed by atoms with Gasteiger partial charge in [-0.15, -0.1) is 0 Å². The van der Waals surface area contributed by atoms with Crippen molar-refractivity contribution in [2.24, 2.45) is 0 Å². The molecule has 1 atom stereocenters. The number of hydrogen-bond donors (Lipinski definition) is 0. The molecule has 0 saturated carbocycles. The zero-order chi connectivity index (χ0) is 20.7. The standard InChI is InChI=1S/C24H18ClN3O2/c1-30-24(29)27-13-12-16-4-2-3-5-20(16)23(27)22-11-10-19-14-26-21(15-28(19)22)17-6-8-18(25)9-7-17/h2-15,23H,1H3/t23-/m1/s1. The Hall–Kier alpha value is -3.57.